The molecule has 0 aromatic heterocycles. The van der Waals surface area contributed by atoms with E-state index in [1.807, 2.05) is 5.57 Å². The Kier molecular flexibility index (Phi) is 4.68. The summed E-state index contributed by atoms with van der Waals surface area (Å²) < 4.78 is 0. The van der Waals surface area contributed by atoms with Crippen LogP contribution in [-0.2, 0) is 0 Å². The van der Waals surface area contributed by atoms with E-state index < -0.39 is 0 Å². The van der Waals surface area contributed by atoms with E-state index in [4.69, 9.17) is 0 Å². The molecule has 4 fully saturated rings. The van der Waals surface area contributed by atoms with Crippen molar-refractivity contribution in [2.45, 2.75) is 127 Å². The Hall–Kier alpha value is -0.260. The maximum absolute atomic E-state index is 2.86. The third-order valence-corrected chi connectivity index (χ3v) is 13.6. The Morgan fingerprint density at radius 2 is 1.42 bits per heavy atom. The fourth-order valence-corrected chi connectivity index (χ4v) is 10.7. The van der Waals surface area contributed by atoms with Gasteiger partial charge in [0.1, 0.15) is 0 Å². The minimum absolute atomic E-state index is 0.425. The molecule has 8 unspecified atom stereocenters. The highest BCUT2D eigenvalue weighted by molar-refractivity contribution is 5.33. The van der Waals surface area contributed by atoms with E-state index in [0.717, 1.165) is 23.7 Å². The van der Waals surface area contributed by atoms with Gasteiger partial charge in [0.25, 0.3) is 0 Å². The molecule has 0 aliphatic heterocycles. The summed E-state index contributed by atoms with van der Waals surface area (Å²) in [5.41, 5.74) is 4.95. The van der Waals surface area contributed by atoms with Crippen LogP contribution in [0.4, 0.5) is 0 Å². The molecule has 0 heterocycles. The van der Waals surface area contributed by atoms with Crippen molar-refractivity contribution in [1.82, 2.24) is 0 Å². The molecule has 31 heavy (non-hydrogen) atoms. The first kappa shape index (κ1) is 22.5. The van der Waals surface area contributed by atoms with E-state index >= 15 is 0 Å². The van der Waals surface area contributed by atoms with Crippen molar-refractivity contribution < 1.29 is 0 Å². The molecule has 0 aromatic rings. The Bertz CT molecular complexity index is 784. The van der Waals surface area contributed by atoms with Crippen LogP contribution >= 0.6 is 0 Å². The average molecular weight is 425 g/mol. The first-order chi connectivity index (χ1) is 14.2. The van der Waals surface area contributed by atoms with Gasteiger partial charge >= 0.3 is 0 Å². The van der Waals surface area contributed by atoms with Crippen molar-refractivity contribution in [3.05, 3.63) is 11.6 Å². The van der Waals surface area contributed by atoms with Crippen molar-refractivity contribution in [3.63, 3.8) is 0 Å². The van der Waals surface area contributed by atoms with Crippen molar-refractivity contribution >= 4 is 0 Å². The van der Waals surface area contributed by atoms with E-state index in [-0.39, 0.29) is 0 Å². The van der Waals surface area contributed by atoms with Gasteiger partial charge in [0.15, 0.2) is 0 Å². The van der Waals surface area contributed by atoms with Crippen LogP contribution in [0.2, 0.25) is 0 Å². The summed E-state index contributed by atoms with van der Waals surface area (Å²) in [6.45, 7) is 23.8. The molecule has 0 bridgehead atoms. The molecule has 0 spiro atoms. The molecule has 8 atom stereocenters. The predicted octanol–water partition coefficient (Wildman–Crippen LogP) is 9.44. The third kappa shape index (κ3) is 2.78. The minimum atomic E-state index is 0.425. The van der Waals surface area contributed by atoms with Crippen LogP contribution in [0.1, 0.15) is 127 Å². The summed E-state index contributed by atoms with van der Waals surface area (Å²) in [5.74, 6) is 3.49. The van der Waals surface area contributed by atoms with Crippen LogP contribution in [0, 0.1) is 56.2 Å². The van der Waals surface area contributed by atoms with Gasteiger partial charge in [-0.3, -0.25) is 0 Å². The summed E-state index contributed by atoms with van der Waals surface area (Å²) in [6.07, 6.45) is 17.3. The monoisotopic (exact) mass is 424 g/mol. The lowest BCUT2D eigenvalue weighted by molar-refractivity contribution is -0.190. The molecule has 0 radical (unpaired) electrons. The molecule has 5 aliphatic carbocycles. The minimum Gasteiger partial charge on any atom is -0.0841 e. The number of hydrogen-bond acceptors (Lipinski definition) is 0. The quantitative estimate of drug-likeness (QED) is 0.340. The fraction of sp³-hybridized carbons (Fsp3) is 0.935. The molecule has 0 saturated heterocycles. The second-order valence-electron chi connectivity index (χ2n) is 15.6. The van der Waals surface area contributed by atoms with E-state index in [1.165, 1.54) is 64.2 Å². The summed E-state index contributed by atoms with van der Waals surface area (Å²) in [6, 6.07) is 0. The average Bonchev–Trinajstić information content (AvgIpc) is 2.67. The van der Waals surface area contributed by atoms with E-state index in [0.29, 0.717) is 32.5 Å². The highest BCUT2D eigenvalue weighted by Crippen LogP contribution is 2.76. The molecule has 0 nitrogen and oxygen atoms in total. The molecule has 176 valence electrons. The van der Waals surface area contributed by atoms with Crippen LogP contribution in [-0.4, -0.2) is 0 Å². The molecule has 4 saturated carbocycles. The molecule has 0 heteroatoms. The van der Waals surface area contributed by atoms with Crippen LogP contribution in [0.5, 0.6) is 0 Å². The zero-order chi connectivity index (χ0) is 22.7. The summed E-state index contributed by atoms with van der Waals surface area (Å²) >= 11 is 0. The second-order valence-corrected chi connectivity index (χ2v) is 15.6. The van der Waals surface area contributed by atoms with Crippen LogP contribution in [0.3, 0.4) is 0 Å². The highest BCUT2D eigenvalue weighted by Gasteiger charge is 2.67. The van der Waals surface area contributed by atoms with Crippen LogP contribution < -0.4 is 0 Å². The Morgan fingerprint density at radius 1 is 0.742 bits per heavy atom. The smallest absolute Gasteiger partial charge is 0.00565 e. The molecule has 5 aliphatic rings. The first-order valence-corrected chi connectivity index (χ1v) is 13.9. The predicted molar refractivity (Wildman–Crippen MR) is 134 cm³/mol. The normalized spacial score (nSPS) is 55.2. The molecular formula is C31H52. The van der Waals surface area contributed by atoms with Crippen molar-refractivity contribution in [2.75, 3.05) is 0 Å². The topological polar surface area (TPSA) is 0 Å². The Labute approximate surface area is 194 Å². The molecular weight excluding hydrogens is 372 g/mol. The standard InChI is InChI=1S/C31H52/c1-21-12-14-29(7)24(27(21,4)5)13-15-31(9)25(29)11-10-22-23-20-26(2,3)16-17-28(23,6)18-19-30(22,31)8/h10,21,23-25H,11-20H2,1-9H3. The summed E-state index contributed by atoms with van der Waals surface area (Å²) in [4.78, 5) is 0. The first-order valence-electron chi connectivity index (χ1n) is 13.9. The van der Waals surface area contributed by atoms with Crippen LogP contribution in [0.15, 0.2) is 11.6 Å². The maximum atomic E-state index is 2.86. The molecule has 0 amide bonds. The summed E-state index contributed by atoms with van der Waals surface area (Å²) in [5, 5.41) is 0. The maximum Gasteiger partial charge on any atom is -0.00565 e. The largest absolute Gasteiger partial charge is 0.0841 e. The van der Waals surface area contributed by atoms with Crippen molar-refractivity contribution in [1.29, 1.82) is 0 Å². The van der Waals surface area contributed by atoms with E-state index in [1.54, 1.807) is 0 Å². The Morgan fingerprint density at radius 3 is 2.13 bits per heavy atom. The van der Waals surface area contributed by atoms with Crippen LogP contribution in [0.25, 0.3) is 0 Å². The number of rotatable bonds is 0. The number of allylic oxidation sites excluding steroid dienone is 2. The van der Waals surface area contributed by atoms with Gasteiger partial charge in [-0.2, -0.15) is 0 Å². The van der Waals surface area contributed by atoms with Gasteiger partial charge < -0.3 is 0 Å². The van der Waals surface area contributed by atoms with Gasteiger partial charge in [-0.05, 0) is 120 Å². The second kappa shape index (κ2) is 6.44. The zero-order valence-electron chi connectivity index (χ0n) is 22.5. The lowest BCUT2D eigenvalue weighted by atomic mass is 9.33. The molecule has 5 rings (SSSR count). The number of hydrogen-bond donors (Lipinski definition) is 0. The van der Waals surface area contributed by atoms with Gasteiger partial charge in [0.05, 0.1) is 0 Å². The highest BCUT2D eigenvalue weighted by atomic mass is 14.7. The van der Waals surface area contributed by atoms with Crippen molar-refractivity contribution in [2.24, 2.45) is 56.2 Å². The van der Waals surface area contributed by atoms with E-state index in [2.05, 4.69) is 68.4 Å². The van der Waals surface area contributed by atoms with Gasteiger partial charge in [0, 0.05) is 0 Å². The summed E-state index contributed by atoms with van der Waals surface area (Å²) in [7, 11) is 0. The fourth-order valence-electron chi connectivity index (χ4n) is 10.7. The lowest BCUT2D eigenvalue weighted by Gasteiger charge is -2.71. The van der Waals surface area contributed by atoms with E-state index in [9.17, 15) is 0 Å². The van der Waals surface area contributed by atoms with Gasteiger partial charge in [0.2, 0.25) is 0 Å². The SMILES string of the molecule is CC1CCC2(C)C(CCC3(C)C2CC=C2C4CC(C)(C)CCC4(C)CCC23C)C1(C)C. The zero-order valence-corrected chi connectivity index (χ0v) is 22.5. The number of fused-ring (bicyclic) bond motifs is 7. The van der Waals surface area contributed by atoms with Gasteiger partial charge in [-0.15, -0.1) is 0 Å². The lowest BCUT2D eigenvalue weighted by Crippen LogP contribution is -2.63. The third-order valence-electron chi connectivity index (χ3n) is 13.6. The van der Waals surface area contributed by atoms with Gasteiger partial charge in [-0.1, -0.05) is 74.0 Å². The molecule has 0 aromatic carbocycles. The molecule has 0 N–H and O–H groups in total. The van der Waals surface area contributed by atoms with Gasteiger partial charge in [-0.25, -0.2) is 0 Å². The van der Waals surface area contributed by atoms with Crippen molar-refractivity contribution in [3.8, 4) is 0 Å². The Balaban J connectivity index is 1.57.